The highest BCUT2D eigenvalue weighted by atomic mass is 19.1. The maximum Gasteiger partial charge on any atom is 0.229 e. The SMILES string of the molecule is O=C1CCC(CC2Cc3cc(F)ccc3O2)C(=O)N1. The number of piperidine rings is 1. The van der Waals surface area contributed by atoms with Gasteiger partial charge in [0.15, 0.2) is 0 Å². The molecule has 2 aliphatic rings. The van der Waals surface area contributed by atoms with Crippen LogP contribution in [0.15, 0.2) is 18.2 Å². The van der Waals surface area contributed by atoms with Crippen LogP contribution >= 0.6 is 0 Å². The molecule has 2 amide bonds. The van der Waals surface area contributed by atoms with Crippen LogP contribution in [0.25, 0.3) is 0 Å². The van der Waals surface area contributed by atoms with Crippen LogP contribution in [-0.2, 0) is 16.0 Å². The van der Waals surface area contributed by atoms with Crippen molar-refractivity contribution in [2.45, 2.75) is 31.8 Å². The fraction of sp³-hybridized carbons (Fsp3) is 0.429. The van der Waals surface area contributed by atoms with Crippen LogP contribution in [0.1, 0.15) is 24.8 Å². The van der Waals surface area contributed by atoms with Crippen LogP contribution in [0.4, 0.5) is 4.39 Å². The number of hydrogen-bond donors (Lipinski definition) is 1. The summed E-state index contributed by atoms with van der Waals surface area (Å²) in [6.07, 6.45) is 2.01. The first-order valence-electron chi connectivity index (χ1n) is 6.40. The predicted molar refractivity (Wildman–Crippen MR) is 65.0 cm³/mol. The maximum absolute atomic E-state index is 13.1. The van der Waals surface area contributed by atoms with Crippen molar-refractivity contribution < 1.29 is 18.7 Å². The number of nitrogens with one attached hydrogen (secondary N) is 1. The number of amides is 2. The molecule has 2 unspecified atom stereocenters. The van der Waals surface area contributed by atoms with E-state index >= 15 is 0 Å². The molecule has 0 aromatic heterocycles. The zero-order valence-electron chi connectivity index (χ0n) is 10.3. The van der Waals surface area contributed by atoms with Gasteiger partial charge >= 0.3 is 0 Å². The quantitative estimate of drug-likeness (QED) is 0.824. The van der Waals surface area contributed by atoms with Crippen molar-refractivity contribution >= 4 is 11.8 Å². The Bertz CT molecular complexity index is 543. The van der Waals surface area contributed by atoms with Crippen molar-refractivity contribution in [1.82, 2.24) is 5.32 Å². The van der Waals surface area contributed by atoms with Crippen LogP contribution in [0.3, 0.4) is 0 Å². The number of imide groups is 1. The van der Waals surface area contributed by atoms with Gasteiger partial charge in [-0.1, -0.05) is 0 Å². The van der Waals surface area contributed by atoms with Crippen molar-refractivity contribution in [2.24, 2.45) is 5.92 Å². The number of benzene rings is 1. The largest absolute Gasteiger partial charge is 0.490 e. The Morgan fingerprint density at radius 1 is 1.37 bits per heavy atom. The maximum atomic E-state index is 13.1. The van der Waals surface area contributed by atoms with Crippen molar-refractivity contribution in [3.63, 3.8) is 0 Å². The van der Waals surface area contributed by atoms with E-state index in [0.717, 1.165) is 5.56 Å². The molecule has 5 heteroatoms. The minimum Gasteiger partial charge on any atom is -0.490 e. The van der Waals surface area contributed by atoms with Gasteiger partial charge < -0.3 is 4.74 Å². The van der Waals surface area contributed by atoms with Crippen molar-refractivity contribution in [1.29, 1.82) is 0 Å². The number of halogens is 1. The average Bonchev–Trinajstić information content (AvgIpc) is 2.74. The lowest BCUT2D eigenvalue weighted by atomic mass is 9.91. The van der Waals surface area contributed by atoms with Gasteiger partial charge in [-0.2, -0.15) is 0 Å². The topological polar surface area (TPSA) is 55.4 Å². The lowest BCUT2D eigenvalue weighted by Gasteiger charge is -2.23. The van der Waals surface area contributed by atoms with Crippen molar-refractivity contribution in [3.05, 3.63) is 29.6 Å². The number of hydrogen-bond acceptors (Lipinski definition) is 3. The molecule has 1 N–H and O–H groups in total. The van der Waals surface area contributed by atoms with E-state index in [1.54, 1.807) is 6.07 Å². The van der Waals surface area contributed by atoms with Gasteiger partial charge in [-0.25, -0.2) is 4.39 Å². The van der Waals surface area contributed by atoms with Crippen molar-refractivity contribution in [3.8, 4) is 5.75 Å². The monoisotopic (exact) mass is 263 g/mol. The first kappa shape index (κ1) is 12.1. The van der Waals surface area contributed by atoms with Crippen LogP contribution in [0.2, 0.25) is 0 Å². The Morgan fingerprint density at radius 3 is 3.00 bits per heavy atom. The van der Waals surface area contributed by atoms with E-state index < -0.39 is 0 Å². The molecule has 4 nitrogen and oxygen atoms in total. The summed E-state index contributed by atoms with van der Waals surface area (Å²) < 4.78 is 18.8. The van der Waals surface area contributed by atoms with Gasteiger partial charge in [0.05, 0.1) is 0 Å². The van der Waals surface area contributed by atoms with Gasteiger partial charge in [-0.15, -0.1) is 0 Å². The summed E-state index contributed by atoms with van der Waals surface area (Å²) in [4.78, 5) is 22.7. The molecule has 1 fully saturated rings. The fourth-order valence-electron chi connectivity index (χ4n) is 2.70. The molecule has 100 valence electrons. The molecule has 0 aliphatic carbocycles. The number of carbonyl (C=O) groups excluding carboxylic acids is 2. The Hall–Kier alpha value is -1.91. The summed E-state index contributed by atoms with van der Waals surface area (Å²) >= 11 is 0. The van der Waals surface area contributed by atoms with Gasteiger partial charge in [0.1, 0.15) is 17.7 Å². The van der Waals surface area contributed by atoms with Crippen LogP contribution < -0.4 is 10.1 Å². The molecule has 2 atom stereocenters. The van der Waals surface area contributed by atoms with E-state index in [9.17, 15) is 14.0 Å². The molecule has 0 radical (unpaired) electrons. The Balaban J connectivity index is 1.64. The number of rotatable bonds is 2. The molecule has 19 heavy (non-hydrogen) atoms. The van der Waals surface area contributed by atoms with E-state index in [1.807, 2.05) is 0 Å². The number of ether oxygens (including phenoxy) is 1. The van der Waals surface area contributed by atoms with E-state index in [-0.39, 0.29) is 29.7 Å². The molecule has 2 aliphatic heterocycles. The molecule has 0 spiro atoms. The smallest absolute Gasteiger partial charge is 0.229 e. The predicted octanol–water partition coefficient (Wildman–Crippen LogP) is 1.57. The molecule has 3 rings (SSSR count). The Labute approximate surface area is 109 Å². The molecular weight excluding hydrogens is 249 g/mol. The van der Waals surface area contributed by atoms with Gasteiger partial charge in [-0.05, 0) is 31.0 Å². The van der Waals surface area contributed by atoms with Gasteiger partial charge in [-0.3, -0.25) is 14.9 Å². The summed E-state index contributed by atoms with van der Waals surface area (Å²) in [5, 5.41) is 2.34. The summed E-state index contributed by atoms with van der Waals surface area (Å²) in [6.45, 7) is 0. The molecular formula is C14H14FNO3. The molecule has 1 aromatic carbocycles. The molecule has 2 heterocycles. The second-order valence-corrected chi connectivity index (χ2v) is 5.08. The van der Waals surface area contributed by atoms with Crippen molar-refractivity contribution in [2.75, 3.05) is 0 Å². The summed E-state index contributed by atoms with van der Waals surface area (Å²) in [5.41, 5.74) is 0.845. The number of carbonyl (C=O) groups is 2. The zero-order chi connectivity index (χ0) is 13.4. The van der Waals surface area contributed by atoms with E-state index in [1.165, 1.54) is 12.1 Å². The summed E-state index contributed by atoms with van der Waals surface area (Å²) in [5.74, 6) is -0.203. The standard InChI is InChI=1S/C14H14FNO3/c15-10-2-3-12-9(5-10)7-11(19-12)6-8-1-4-13(17)16-14(8)18/h2-3,5,8,11H,1,4,6-7H2,(H,16,17,18). The van der Waals surface area contributed by atoms with Crippen LogP contribution in [0, 0.1) is 11.7 Å². The second kappa shape index (κ2) is 4.64. The van der Waals surface area contributed by atoms with E-state index in [4.69, 9.17) is 4.74 Å². The third-order valence-corrected chi connectivity index (χ3v) is 3.66. The van der Waals surface area contributed by atoms with Gasteiger partial charge in [0.2, 0.25) is 11.8 Å². The highest BCUT2D eigenvalue weighted by molar-refractivity contribution is 5.98. The van der Waals surface area contributed by atoms with Gasteiger partial charge in [0, 0.05) is 24.3 Å². The van der Waals surface area contributed by atoms with Crippen LogP contribution in [-0.4, -0.2) is 17.9 Å². The van der Waals surface area contributed by atoms with E-state index in [0.29, 0.717) is 31.4 Å². The third-order valence-electron chi connectivity index (χ3n) is 3.66. The summed E-state index contributed by atoms with van der Waals surface area (Å²) in [6, 6.07) is 4.46. The lowest BCUT2D eigenvalue weighted by molar-refractivity contribution is -0.137. The molecule has 0 saturated carbocycles. The number of fused-ring (bicyclic) bond motifs is 1. The third kappa shape index (κ3) is 2.45. The lowest BCUT2D eigenvalue weighted by Crippen LogP contribution is -2.42. The molecule has 0 bridgehead atoms. The highest BCUT2D eigenvalue weighted by Gasteiger charge is 2.32. The van der Waals surface area contributed by atoms with Gasteiger partial charge in [0.25, 0.3) is 0 Å². The van der Waals surface area contributed by atoms with Crippen LogP contribution in [0.5, 0.6) is 5.75 Å². The molecule has 1 aromatic rings. The first-order valence-corrected chi connectivity index (χ1v) is 6.40. The Morgan fingerprint density at radius 2 is 2.21 bits per heavy atom. The second-order valence-electron chi connectivity index (χ2n) is 5.08. The normalized spacial score (nSPS) is 25.7. The minimum atomic E-state index is -0.274. The van der Waals surface area contributed by atoms with E-state index in [2.05, 4.69) is 5.32 Å². The summed E-state index contributed by atoms with van der Waals surface area (Å²) in [7, 11) is 0. The molecule has 1 saturated heterocycles. The minimum absolute atomic E-state index is 0.110. The Kier molecular flexibility index (Phi) is 2.97. The highest BCUT2D eigenvalue weighted by Crippen LogP contribution is 2.32. The first-order chi connectivity index (χ1) is 9.11. The zero-order valence-corrected chi connectivity index (χ0v) is 10.3. The fourth-order valence-corrected chi connectivity index (χ4v) is 2.70. The average molecular weight is 263 g/mol.